The van der Waals surface area contributed by atoms with Crippen LogP contribution in [-0.2, 0) is 4.79 Å². The summed E-state index contributed by atoms with van der Waals surface area (Å²) in [7, 11) is 0. The fourth-order valence-corrected chi connectivity index (χ4v) is 5.09. The number of halogens is 2. The van der Waals surface area contributed by atoms with E-state index in [2.05, 4.69) is 27.9 Å². The summed E-state index contributed by atoms with van der Waals surface area (Å²) in [5.74, 6) is -2.35. The molecule has 2 atom stereocenters. The summed E-state index contributed by atoms with van der Waals surface area (Å²) in [6.45, 7) is 5.40. The highest BCUT2D eigenvalue weighted by Crippen LogP contribution is 2.41. The van der Waals surface area contributed by atoms with Gasteiger partial charge in [0.05, 0.1) is 23.6 Å². The van der Waals surface area contributed by atoms with Gasteiger partial charge in [-0.2, -0.15) is 5.26 Å². The van der Waals surface area contributed by atoms with Crippen molar-refractivity contribution in [3.63, 3.8) is 0 Å². The van der Waals surface area contributed by atoms with Crippen molar-refractivity contribution in [3.05, 3.63) is 77.6 Å². The smallest absolute Gasteiger partial charge is 0.258 e. The molecule has 2 aliphatic rings. The molecule has 5 rings (SSSR count). The largest absolute Gasteiger partial charge is 0.485 e. The van der Waals surface area contributed by atoms with Crippen LogP contribution in [0.4, 0.5) is 20.3 Å². The second kappa shape index (κ2) is 11.3. The molecule has 1 aliphatic carbocycles. The van der Waals surface area contributed by atoms with Crippen LogP contribution in [-0.4, -0.2) is 45.9 Å². The van der Waals surface area contributed by atoms with Gasteiger partial charge in [-0.3, -0.25) is 9.59 Å². The van der Waals surface area contributed by atoms with E-state index >= 15 is 0 Å². The zero-order valence-electron chi connectivity index (χ0n) is 22.4. The monoisotopic (exact) mass is 558 g/mol. The second-order valence-electron chi connectivity index (χ2n) is 10.3. The maximum absolute atomic E-state index is 14.9. The lowest BCUT2D eigenvalue weighted by Gasteiger charge is -2.24. The summed E-state index contributed by atoms with van der Waals surface area (Å²) in [6.07, 6.45) is 4.78. The molecule has 210 valence electrons. The Balaban J connectivity index is 1.42. The molecule has 1 aliphatic heterocycles. The van der Waals surface area contributed by atoms with Gasteiger partial charge in [-0.15, -0.1) is 0 Å². The van der Waals surface area contributed by atoms with Crippen molar-refractivity contribution in [2.45, 2.75) is 38.1 Å². The van der Waals surface area contributed by atoms with E-state index in [1.807, 2.05) is 0 Å². The molecule has 41 heavy (non-hydrogen) atoms. The van der Waals surface area contributed by atoms with Crippen LogP contribution in [0.5, 0.6) is 5.75 Å². The van der Waals surface area contributed by atoms with Crippen LogP contribution in [0.15, 0.2) is 49.3 Å². The Kier molecular flexibility index (Phi) is 7.66. The molecule has 2 heterocycles. The first-order chi connectivity index (χ1) is 19.7. The van der Waals surface area contributed by atoms with Gasteiger partial charge in [-0.05, 0) is 73.6 Å². The summed E-state index contributed by atoms with van der Waals surface area (Å²) in [6, 6.07) is 8.65. The van der Waals surface area contributed by atoms with Gasteiger partial charge in [0.2, 0.25) is 5.91 Å². The molecule has 1 aromatic heterocycles. The first kappa shape index (κ1) is 27.7. The molecule has 2 unspecified atom stereocenters. The van der Waals surface area contributed by atoms with Gasteiger partial charge in [0, 0.05) is 17.8 Å². The molecule has 0 spiro atoms. The topological polar surface area (TPSA) is 134 Å². The van der Waals surface area contributed by atoms with Gasteiger partial charge < -0.3 is 20.7 Å². The van der Waals surface area contributed by atoms with E-state index in [1.54, 1.807) is 13.0 Å². The third-order valence-corrected chi connectivity index (χ3v) is 7.47. The average Bonchev–Trinajstić information content (AvgIpc) is 3.73. The van der Waals surface area contributed by atoms with Crippen LogP contribution in [0.2, 0.25) is 0 Å². The van der Waals surface area contributed by atoms with Crippen LogP contribution in [0, 0.1) is 35.8 Å². The van der Waals surface area contributed by atoms with Crippen molar-refractivity contribution < 1.29 is 23.1 Å². The molecule has 9 nitrogen and oxygen atoms in total. The Morgan fingerprint density at radius 2 is 2.05 bits per heavy atom. The number of hydrogen-bond acceptors (Lipinski definition) is 7. The Labute approximate surface area is 235 Å². The lowest BCUT2D eigenvalue weighted by Crippen LogP contribution is -2.38. The van der Waals surface area contributed by atoms with E-state index in [4.69, 9.17) is 10.5 Å². The van der Waals surface area contributed by atoms with Crippen molar-refractivity contribution in [1.82, 2.24) is 14.9 Å². The minimum absolute atomic E-state index is 0.0153. The van der Waals surface area contributed by atoms with Crippen LogP contribution >= 0.6 is 0 Å². The third-order valence-electron chi connectivity index (χ3n) is 7.47. The Hall–Kier alpha value is -4.85. The van der Waals surface area contributed by atoms with E-state index in [0.717, 1.165) is 24.5 Å². The molecular formula is C30H28F2N6O3. The molecule has 3 N–H and O–H groups in total. The Bertz CT molecular complexity index is 1580. The fourth-order valence-electron chi connectivity index (χ4n) is 5.09. The fraction of sp³-hybridized carbons (Fsp3) is 0.300. The molecule has 11 heteroatoms. The lowest BCUT2D eigenvalue weighted by atomic mass is 10.0. The quantitative estimate of drug-likeness (QED) is 0.381. The van der Waals surface area contributed by atoms with Crippen LogP contribution in [0.1, 0.15) is 46.7 Å². The number of nitrogen functional groups attached to an aromatic ring is 1. The molecule has 2 amide bonds. The van der Waals surface area contributed by atoms with E-state index in [1.165, 1.54) is 35.5 Å². The summed E-state index contributed by atoms with van der Waals surface area (Å²) in [5, 5.41) is 12.0. The predicted octanol–water partition coefficient (Wildman–Crippen LogP) is 4.75. The lowest BCUT2D eigenvalue weighted by molar-refractivity contribution is -0.127. The highest BCUT2D eigenvalue weighted by molar-refractivity contribution is 6.05. The number of carbonyl (C=O) groups excluding carboxylic acids is 2. The first-order valence-electron chi connectivity index (χ1n) is 13.2. The number of rotatable bonds is 8. The second-order valence-corrected chi connectivity index (χ2v) is 10.3. The van der Waals surface area contributed by atoms with Crippen LogP contribution < -0.4 is 15.8 Å². The van der Waals surface area contributed by atoms with Gasteiger partial charge >= 0.3 is 0 Å². The summed E-state index contributed by atoms with van der Waals surface area (Å²) >= 11 is 0. The number of aromatic nitrogens is 2. The van der Waals surface area contributed by atoms with Gasteiger partial charge in [0.15, 0.2) is 11.6 Å². The molecule has 3 aromatic rings. The number of hydrogen-bond donors (Lipinski definition) is 2. The highest BCUT2D eigenvalue weighted by Gasteiger charge is 2.35. The number of nitrogens with two attached hydrogens (primary N) is 1. The number of nitrogens with one attached hydrogen (secondary N) is 1. The summed E-state index contributed by atoms with van der Waals surface area (Å²) in [4.78, 5) is 35.1. The Morgan fingerprint density at radius 3 is 2.73 bits per heavy atom. The minimum atomic E-state index is -0.719. The number of benzene rings is 2. The molecule has 0 bridgehead atoms. The van der Waals surface area contributed by atoms with Crippen molar-refractivity contribution in [2.24, 2.45) is 5.92 Å². The number of ether oxygens (including phenoxy) is 1. The third kappa shape index (κ3) is 5.72. The van der Waals surface area contributed by atoms with E-state index in [0.29, 0.717) is 17.9 Å². The molecule has 1 saturated carbocycles. The van der Waals surface area contributed by atoms with E-state index in [9.17, 15) is 23.6 Å². The molecule has 2 fully saturated rings. The molecule has 1 saturated heterocycles. The summed E-state index contributed by atoms with van der Waals surface area (Å²) < 4.78 is 35.6. The first-order valence-corrected chi connectivity index (χ1v) is 13.2. The van der Waals surface area contributed by atoms with Crippen molar-refractivity contribution in [3.8, 4) is 23.1 Å². The average molecular weight is 559 g/mol. The molecule has 0 radical (unpaired) electrons. The standard InChI is InChI=1S/C30H28F2N6O3/c1-3-26(39)38-13-17(12-33)8-21(38)14-41-28-27(35-15-36-29(28)34)23-10-20(31)11-25(16(23)2)37-30(40)22-7-6-19(9-24(22)32)18-4-5-18/h3,6-7,9-11,15,17-18,21H,1,4-5,8,13-14H2,2H3,(H,37,40)(H2,34,35,36). The van der Waals surface area contributed by atoms with E-state index in [-0.39, 0.29) is 59.1 Å². The van der Waals surface area contributed by atoms with Gasteiger partial charge in [0.1, 0.15) is 30.3 Å². The number of carbonyl (C=O) groups is 2. The zero-order valence-corrected chi connectivity index (χ0v) is 22.4. The highest BCUT2D eigenvalue weighted by atomic mass is 19.1. The maximum atomic E-state index is 14.9. The number of nitrogens with zero attached hydrogens (tertiary/aromatic N) is 4. The van der Waals surface area contributed by atoms with Gasteiger partial charge in [0.25, 0.3) is 5.91 Å². The van der Waals surface area contributed by atoms with Crippen molar-refractivity contribution >= 4 is 23.3 Å². The number of anilines is 2. The molecule has 2 aromatic carbocycles. The minimum Gasteiger partial charge on any atom is -0.485 e. The summed E-state index contributed by atoms with van der Waals surface area (Å²) in [5.41, 5.74) is 7.83. The molecular weight excluding hydrogens is 530 g/mol. The number of nitriles is 1. The maximum Gasteiger partial charge on any atom is 0.258 e. The van der Waals surface area contributed by atoms with Crippen molar-refractivity contribution in [2.75, 3.05) is 24.2 Å². The zero-order chi connectivity index (χ0) is 29.3. The predicted molar refractivity (Wildman–Crippen MR) is 148 cm³/mol. The SMILES string of the molecule is C=CC(=O)N1CC(C#N)CC1COc1c(N)ncnc1-c1cc(F)cc(NC(=O)c2ccc(C3CC3)cc2F)c1C. The van der Waals surface area contributed by atoms with Crippen LogP contribution in [0.25, 0.3) is 11.3 Å². The van der Waals surface area contributed by atoms with Crippen LogP contribution in [0.3, 0.4) is 0 Å². The number of likely N-dealkylation sites (tertiary alicyclic amines) is 1. The number of amides is 2. The van der Waals surface area contributed by atoms with Crippen molar-refractivity contribution in [1.29, 1.82) is 5.26 Å². The van der Waals surface area contributed by atoms with E-state index < -0.39 is 23.6 Å². The van der Waals surface area contributed by atoms with Gasteiger partial charge in [-0.1, -0.05) is 12.6 Å². The van der Waals surface area contributed by atoms with Gasteiger partial charge in [-0.25, -0.2) is 18.7 Å². The Morgan fingerprint density at radius 1 is 1.27 bits per heavy atom. The normalized spacial score (nSPS) is 18.0.